The van der Waals surface area contributed by atoms with Crippen LogP contribution in [0.15, 0.2) is 48.5 Å². The molecule has 0 spiro atoms. The van der Waals surface area contributed by atoms with Crippen LogP contribution in [0.25, 0.3) is 28.6 Å². The third-order valence-corrected chi connectivity index (χ3v) is 7.00. The lowest BCUT2D eigenvalue weighted by atomic mass is 9.98. The maximum absolute atomic E-state index is 12.0. The van der Waals surface area contributed by atoms with Crippen LogP contribution in [0.2, 0.25) is 5.02 Å². The molecule has 0 saturated carbocycles. The third kappa shape index (κ3) is 6.98. The van der Waals surface area contributed by atoms with Crippen molar-refractivity contribution in [1.29, 1.82) is 0 Å². The topological polar surface area (TPSA) is 136 Å². The van der Waals surface area contributed by atoms with E-state index >= 15 is 0 Å². The highest BCUT2D eigenvalue weighted by atomic mass is 35.5. The Morgan fingerprint density at radius 2 is 1.92 bits per heavy atom. The average molecular weight is 568 g/mol. The monoisotopic (exact) mass is 567 g/mol. The first-order chi connectivity index (χ1) is 18.7. The lowest BCUT2D eigenvalue weighted by Crippen LogP contribution is -2.28. The molecule has 0 atom stereocenters. The minimum Gasteiger partial charge on any atom is -0.324 e. The summed E-state index contributed by atoms with van der Waals surface area (Å²) in [6, 6.07) is 13.7. The number of carbonyl (C=O) groups is 1. The third-order valence-electron chi connectivity index (χ3n) is 6.05. The normalized spacial score (nSPS) is 11.8. The van der Waals surface area contributed by atoms with Gasteiger partial charge in [-0.15, -0.1) is 10.2 Å². The zero-order valence-electron chi connectivity index (χ0n) is 22.0. The molecule has 204 valence electrons. The molecule has 0 fully saturated rings. The number of hydrogen-bond donors (Lipinski definition) is 2. The molecule has 4 rings (SSSR count). The largest absolute Gasteiger partial charge is 0.324 e. The lowest BCUT2D eigenvalue weighted by molar-refractivity contribution is -0.118. The second kappa shape index (κ2) is 12.4. The van der Waals surface area contributed by atoms with Crippen LogP contribution in [0.1, 0.15) is 49.5 Å². The second-order valence-corrected chi connectivity index (χ2v) is 11.2. The number of rotatable bonds is 11. The van der Waals surface area contributed by atoms with Crippen molar-refractivity contribution in [2.75, 3.05) is 6.26 Å². The smallest absolute Gasteiger partial charge is 0.237 e. The summed E-state index contributed by atoms with van der Waals surface area (Å²) in [5.41, 5.74) is 5.39. The number of amides is 1. The number of nitrogens with zero attached hydrogens (tertiary/aromatic N) is 5. The van der Waals surface area contributed by atoms with Crippen molar-refractivity contribution >= 4 is 33.6 Å². The quantitative estimate of drug-likeness (QED) is 0.274. The van der Waals surface area contributed by atoms with E-state index in [2.05, 4.69) is 32.1 Å². The number of imidazole rings is 1. The molecule has 2 N–H and O–H groups in total. The van der Waals surface area contributed by atoms with Crippen molar-refractivity contribution in [3.05, 3.63) is 76.3 Å². The van der Waals surface area contributed by atoms with Gasteiger partial charge in [0, 0.05) is 23.4 Å². The van der Waals surface area contributed by atoms with E-state index in [9.17, 15) is 13.2 Å². The minimum atomic E-state index is -3.60. The van der Waals surface area contributed by atoms with E-state index in [1.807, 2.05) is 60.2 Å². The zero-order chi connectivity index (χ0) is 28.0. The van der Waals surface area contributed by atoms with Crippen LogP contribution in [0.5, 0.6) is 0 Å². The molecule has 1 amide bonds. The van der Waals surface area contributed by atoms with E-state index in [-0.39, 0.29) is 6.42 Å². The number of aromatic amines is 1. The van der Waals surface area contributed by atoms with Crippen LogP contribution in [0.3, 0.4) is 0 Å². The Hall–Kier alpha value is -3.83. The van der Waals surface area contributed by atoms with E-state index in [0.29, 0.717) is 23.8 Å². The van der Waals surface area contributed by atoms with Gasteiger partial charge in [-0.1, -0.05) is 67.9 Å². The standard InChI is InChI=1S/C27H30ClN7O3S/c1-4-9-25-29-23(5-2)24(12-8-13-26(36)32-39(3,37)38)35(25)17-19-15-14-18(16-22(19)28)20-10-6-7-11-21(20)27-30-33-34-31-27/h6-8,10-12,14-16H,4-5,9,13,17H2,1-3H3,(H,32,36)(H,30,31,33,34)/b12-8+. The van der Waals surface area contributed by atoms with Gasteiger partial charge in [-0.2, -0.15) is 5.21 Å². The van der Waals surface area contributed by atoms with E-state index in [4.69, 9.17) is 16.6 Å². The number of tetrazole rings is 1. The number of carbonyl (C=O) groups excluding carboxylic acids is 1. The summed E-state index contributed by atoms with van der Waals surface area (Å²) in [5, 5.41) is 15.0. The van der Waals surface area contributed by atoms with E-state index < -0.39 is 15.9 Å². The lowest BCUT2D eigenvalue weighted by Gasteiger charge is -2.14. The molecule has 0 bridgehead atoms. The highest BCUT2D eigenvalue weighted by molar-refractivity contribution is 7.89. The Bertz CT molecular complexity index is 1600. The first-order valence-electron chi connectivity index (χ1n) is 12.6. The van der Waals surface area contributed by atoms with Gasteiger partial charge in [0.1, 0.15) is 5.82 Å². The van der Waals surface area contributed by atoms with Crippen LogP contribution >= 0.6 is 11.6 Å². The Kier molecular flexibility index (Phi) is 8.93. The summed E-state index contributed by atoms with van der Waals surface area (Å²) < 4.78 is 26.8. The van der Waals surface area contributed by atoms with Crippen molar-refractivity contribution < 1.29 is 13.2 Å². The van der Waals surface area contributed by atoms with E-state index in [0.717, 1.165) is 58.6 Å². The zero-order valence-corrected chi connectivity index (χ0v) is 23.6. The number of benzene rings is 2. The SMILES string of the molecule is CCCc1nc(CC)c(/C=C/CC(=O)NS(C)(=O)=O)n1Cc1ccc(-c2ccccc2-c2nn[nH]n2)cc1Cl. The summed E-state index contributed by atoms with van der Waals surface area (Å²) in [7, 11) is -3.60. The summed E-state index contributed by atoms with van der Waals surface area (Å²) in [6.45, 7) is 4.61. The Balaban J connectivity index is 1.65. The number of sulfonamides is 1. The predicted octanol–water partition coefficient (Wildman–Crippen LogP) is 4.43. The molecule has 0 aliphatic carbocycles. The fourth-order valence-electron chi connectivity index (χ4n) is 4.35. The first-order valence-corrected chi connectivity index (χ1v) is 14.8. The molecule has 2 aromatic carbocycles. The summed E-state index contributed by atoms with van der Waals surface area (Å²) in [4.78, 5) is 16.8. The molecule has 39 heavy (non-hydrogen) atoms. The Morgan fingerprint density at radius 3 is 2.56 bits per heavy atom. The molecule has 0 radical (unpaired) electrons. The fraction of sp³-hybridized carbons (Fsp3) is 0.296. The summed E-state index contributed by atoms with van der Waals surface area (Å²) in [5.74, 6) is 0.839. The highest BCUT2D eigenvalue weighted by Gasteiger charge is 2.17. The van der Waals surface area contributed by atoms with Crippen LogP contribution < -0.4 is 4.72 Å². The number of halogens is 1. The van der Waals surface area contributed by atoms with Gasteiger partial charge in [-0.05, 0) is 46.9 Å². The molecule has 12 heteroatoms. The molecule has 2 aromatic heterocycles. The van der Waals surface area contributed by atoms with Crippen molar-refractivity contribution in [2.45, 2.75) is 46.1 Å². The van der Waals surface area contributed by atoms with E-state index in [1.165, 1.54) is 0 Å². The van der Waals surface area contributed by atoms with Gasteiger partial charge >= 0.3 is 0 Å². The van der Waals surface area contributed by atoms with Gasteiger partial charge in [0.2, 0.25) is 21.8 Å². The first kappa shape index (κ1) is 28.2. The average Bonchev–Trinajstić information content (AvgIpc) is 3.53. The minimum absolute atomic E-state index is 0.0697. The number of aryl methyl sites for hydroxylation is 2. The van der Waals surface area contributed by atoms with Crippen LogP contribution in [0.4, 0.5) is 0 Å². The number of nitrogens with one attached hydrogen (secondary N) is 2. The number of hydrogen-bond acceptors (Lipinski definition) is 7. The second-order valence-electron chi connectivity index (χ2n) is 9.04. The van der Waals surface area contributed by atoms with Gasteiger partial charge in [-0.25, -0.2) is 13.4 Å². The number of H-pyrrole nitrogens is 1. The Morgan fingerprint density at radius 1 is 1.15 bits per heavy atom. The maximum Gasteiger partial charge on any atom is 0.237 e. The Labute approximate surface area is 232 Å². The van der Waals surface area contributed by atoms with Crippen LogP contribution in [-0.2, 0) is 34.2 Å². The number of aromatic nitrogens is 6. The molecule has 4 aromatic rings. The molecule has 0 aliphatic heterocycles. The van der Waals surface area contributed by atoms with Crippen molar-refractivity contribution in [1.82, 2.24) is 34.9 Å². The molecular formula is C27H30ClN7O3S. The van der Waals surface area contributed by atoms with Gasteiger partial charge in [0.25, 0.3) is 0 Å². The maximum atomic E-state index is 12.0. The van der Waals surface area contributed by atoms with Crippen LogP contribution in [-0.4, -0.2) is 50.8 Å². The molecule has 10 nitrogen and oxygen atoms in total. The van der Waals surface area contributed by atoms with Crippen molar-refractivity contribution in [2.24, 2.45) is 0 Å². The molecule has 0 unspecified atom stereocenters. The summed E-state index contributed by atoms with van der Waals surface area (Å²) >= 11 is 6.82. The molecular weight excluding hydrogens is 538 g/mol. The molecule has 0 saturated heterocycles. The fourth-order valence-corrected chi connectivity index (χ4v) is 5.09. The van der Waals surface area contributed by atoms with Crippen molar-refractivity contribution in [3.63, 3.8) is 0 Å². The summed E-state index contributed by atoms with van der Waals surface area (Å²) in [6.07, 6.45) is 6.77. The van der Waals surface area contributed by atoms with Gasteiger partial charge in [0.05, 0.1) is 24.2 Å². The van der Waals surface area contributed by atoms with Gasteiger partial charge in [0.15, 0.2) is 0 Å². The van der Waals surface area contributed by atoms with Crippen LogP contribution in [0, 0.1) is 0 Å². The van der Waals surface area contributed by atoms with Gasteiger partial charge in [-0.3, -0.25) is 9.52 Å². The van der Waals surface area contributed by atoms with Gasteiger partial charge < -0.3 is 4.57 Å². The highest BCUT2D eigenvalue weighted by Crippen LogP contribution is 2.33. The predicted molar refractivity (Wildman–Crippen MR) is 151 cm³/mol. The van der Waals surface area contributed by atoms with Crippen molar-refractivity contribution in [3.8, 4) is 22.5 Å². The van der Waals surface area contributed by atoms with E-state index in [1.54, 1.807) is 6.08 Å². The molecule has 2 heterocycles. The molecule has 0 aliphatic rings.